The largest absolute Gasteiger partial charge is 0.300 e. The Morgan fingerprint density at radius 2 is 2.05 bits per heavy atom. The highest BCUT2D eigenvalue weighted by molar-refractivity contribution is 5.96. The number of ketones is 1. The van der Waals surface area contributed by atoms with Gasteiger partial charge in [0.15, 0.2) is 5.78 Å². The molecule has 3 aromatic rings. The minimum absolute atomic E-state index is 0.166. The number of hydrogen-bond acceptors (Lipinski definition) is 2. The molecule has 0 amide bonds. The van der Waals surface area contributed by atoms with Crippen molar-refractivity contribution in [3.8, 4) is 11.3 Å². The van der Waals surface area contributed by atoms with Crippen LogP contribution in [0.3, 0.4) is 0 Å². The van der Waals surface area contributed by atoms with Gasteiger partial charge >= 0.3 is 0 Å². The normalized spacial score (nSPS) is 10.8. The molecule has 0 saturated carbocycles. The molecule has 0 aliphatic rings. The van der Waals surface area contributed by atoms with Crippen LogP contribution in [0.15, 0.2) is 54.9 Å². The van der Waals surface area contributed by atoms with Crippen molar-refractivity contribution in [2.24, 2.45) is 0 Å². The number of hydrogen-bond donors (Lipinski definition) is 0. The summed E-state index contributed by atoms with van der Waals surface area (Å²) in [5, 5.41) is 0. The molecule has 2 aromatic heterocycles. The number of fused-ring (bicyclic) bond motifs is 1. The molecule has 0 bridgehead atoms. The van der Waals surface area contributed by atoms with Crippen LogP contribution in [-0.4, -0.2) is 15.2 Å². The second-order valence-corrected chi connectivity index (χ2v) is 4.42. The first-order valence-electron chi connectivity index (χ1n) is 6.35. The van der Waals surface area contributed by atoms with Crippen LogP contribution in [0.1, 0.15) is 23.7 Å². The number of carbonyl (C=O) groups excluding carboxylic acids is 1. The summed E-state index contributed by atoms with van der Waals surface area (Å²) in [6, 6.07) is 13.7. The van der Waals surface area contributed by atoms with Gasteiger partial charge in [0.25, 0.3) is 0 Å². The fourth-order valence-corrected chi connectivity index (χ4v) is 2.24. The molecular weight excluding hydrogens is 236 g/mol. The van der Waals surface area contributed by atoms with Crippen LogP contribution < -0.4 is 0 Å². The third-order valence-electron chi connectivity index (χ3n) is 3.23. The molecule has 1 aromatic carbocycles. The van der Waals surface area contributed by atoms with Gasteiger partial charge in [0.1, 0.15) is 5.65 Å². The van der Waals surface area contributed by atoms with E-state index in [2.05, 4.69) is 4.98 Å². The molecule has 0 radical (unpaired) electrons. The molecule has 0 N–H and O–H groups in total. The lowest BCUT2D eigenvalue weighted by molar-refractivity contribution is 0.0988. The van der Waals surface area contributed by atoms with Crippen molar-refractivity contribution < 1.29 is 4.79 Å². The Morgan fingerprint density at radius 3 is 2.89 bits per heavy atom. The quantitative estimate of drug-likeness (QED) is 0.666. The zero-order valence-corrected chi connectivity index (χ0v) is 10.7. The van der Waals surface area contributed by atoms with Gasteiger partial charge in [-0.2, -0.15) is 0 Å². The topological polar surface area (TPSA) is 34.4 Å². The van der Waals surface area contributed by atoms with Crippen LogP contribution in [-0.2, 0) is 0 Å². The summed E-state index contributed by atoms with van der Waals surface area (Å²) >= 11 is 0. The Kier molecular flexibility index (Phi) is 2.88. The lowest BCUT2D eigenvalue weighted by atomic mass is 10.0. The van der Waals surface area contributed by atoms with Crippen molar-refractivity contribution in [1.82, 2.24) is 9.38 Å². The minimum atomic E-state index is 0.166. The summed E-state index contributed by atoms with van der Waals surface area (Å²) in [4.78, 5) is 16.1. The predicted molar refractivity (Wildman–Crippen MR) is 75.2 cm³/mol. The molecule has 0 spiro atoms. The number of imidazole rings is 1. The third-order valence-corrected chi connectivity index (χ3v) is 3.23. The number of pyridine rings is 1. The van der Waals surface area contributed by atoms with E-state index >= 15 is 0 Å². The Morgan fingerprint density at radius 1 is 1.21 bits per heavy atom. The standard InChI is InChI=1S/C16H14N2O/c1-2-15(19)13-6-3-5-12(11-13)14-7-4-8-16-17-9-10-18(14)16/h3-11H,2H2,1H3. The molecule has 94 valence electrons. The number of benzene rings is 1. The van der Waals surface area contributed by atoms with E-state index in [1.807, 2.05) is 60.0 Å². The van der Waals surface area contributed by atoms with E-state index in [1.165, 1.54) is 0 Å². The van der Waals surface area contributed by atoms with Crippen molar-refractivity contribution in [3.05, 3.63) is 60.4 Å². The molecule has 0 unspecified atom stereocenters. The first kappa shape index (κ1) is 11.7. The summed E-state index contributed by atoms with van der Waals surface area (Å²) < 4.78 is 2.02. The zero-order valence-electron chi connectivity index (χ0n) is 10.7. The van der Waals surface area contributed by atoms with E-state index in [4.69, 9.17) is 0 Å². The van der Waals surface area contributed by atoms with Gasteiger partial charge in [-0.3, -0.25) is 9.20 Å². The van der Waals surface area contributed by atoms with Gasteiger partial charge in [-0.05, 0) is 23.8 Å². The van der Waals surface area contributed by atoms with E-state index in [-0.39, 0.29) is 5.78 Å². The van der Waals surface area contributed by atoms with Crippen LogP contribution in [0.4, 0.5) is 0 Å². The highest BCUT2D eigenvalue weighted by Gasteiger charge is 2.07. The van der Waals surface area contributed by atoms with E-state index in [9.17, 15) is 4.79 Å². The maximum Gasteiger partial charge on any atom is 0.162 e. The van der Waals surface area contributed by atoms with Crippen LogP contribution in [0.2, 0.25) is 0 Å². The summed E-state index contributed by atoms with van der Waals surface area (Å²) in [7, 11) is 0. The maximum absolute atomic E-state index is 11.8. The molecule has 3 heteroatoms. The van der Waals surface area contributed by atoms with Crippen LogP contribution in [0.5, 0.6) is 0 Å². The molecule has 0 atom stereocenters. The van der Waals surface area contributed by atoms with Crippen molar-refractivity contribution in [1.29, 1.82) is 0 Å². The van der Waals surface area contributed by atoms with Crippen molar-refractivity contribution >= 4 is 11.4 Å². The van der Waals surface area contributed by atoms with Crippen LogP contribution in [0.25, 0.3) is 16.9 Å². The van der Waals surface area contributed by atoms with Crippen molar-refractivity contribution in [3.63, 3.8) is 0 Å². The van der Waals surface area contributed by atoms with Crippen molar-refractivity contribution in [2.75, 3.05) is 0 Å². The van der Waals surface area contributed by atoms with Crippen LogP contribution in [0, 0.1) is 0 Å². The predicted octanol–water partition coefficient (Wildman–Crippen LogP) is 3.59. The Bertz CT molecular complexity index is 743. The smallest absolute Gasteiger partial charge is 0.162 e. The number of aromatic nitrogens is 2. The fourth-order valence-electron chi connectivity index (χ4n) is 2.24. The molecule has 19 heavy (non-hydrogen) atoms. The summed E-state index contributed by atoms with van der Waals surface area (Å²) in [5.41, 5.74) is 3.74. The van der Waals surface area contributed by atoms with Gasteiger partial charge in [0.2, 0.25) is 0 Å². The van der Waals surface area contributed by atoms with Crippen molar-refractivity contribution in [2.45, 2.75) is 13.3 Å². The van der Waals surface area contributed by atoms with Crippen LogP contribution >= 0.6 is 0 Å². The third kappa shape index (κ3) is 2.03. The second kappa shape index (κ2) is 4.69. The van der Waals surface area contributed by atoms with E-state index in [0.29, 0.717) is 6.42 Å². The Labute approximate surface area is 111 Å². The maximum atomic E-state index is 11.8. The monoisotopic (exact) mass is 250 g/mol. The number of rotatable bonds is 3. The molecule has 0 saturated heterocycles. The highest BCUT2D eigenvalue weighted by atomic mass is 16.1. The number of nitrogens with zero attached hydrogens (tertiary/aromatic N) is 2. The molecular formula is C16H14N2O. The molecule has 3 rings (SSSR count). The van der Waals surface area contributed by atoms with Gasteiger partial charge < -0.3 is 0 Å². The fraction of sp³-hybridized carbons (Fsp3) is 0.125. The van der Waals surface area contributed by atoms with Gasteiger partial charge in [0, 0.05) is 24.4 Å². The average Bonchev–Trinajstić information content (AvgIpc) is 2.94. The molecule has 3 nitrogen and oxygen atoms in total. The first-order chi connectivity index (χ1) is 9.29. The minimum Gasteiger partial charge on any atom is -0.300 e. The summed E-state index contributed by atoms with van der Waals surface area (Å²) in [5.74, 6) is 0.166. The van der Waals surface area contributed by atoms with Gasteiger partial charge in [-0.15, -0.1) is 0 Å². The second-order valence-electron chi connectivity index (χ2n) is 4.42. The first-order valence-corrected chi connectivity index (χ1v) is 6.35. The van der Waals surface area contributed by atoms with E-state index in [0.717, 1.165) is 22.5 Å². The lowest BCUT2D eigenvalue weighted by Crippen LogP contribution is -1.97. The molecule has 2 heterocycles. The SMILES string of the molecule is CCC(=O)c1cccc(-c2cccc3nccn23)c1. The van der Waals surface area contributed by atoms with Gasteiger partial charge in [-0.1, -0.05) is 31.2 Å². The average molecular weight is 250 g/mol. The lowest BCUT2D eigenvalue weighted by Gasteiger charge is -2.07. The molecule has 0 aliphatic carbocycles. The number of carbonyl (C=O) groups is 1. The highest BCUT2D eigenvalue weighted by Crippen LogP contribution is 2.22. The van der Waals surface area contributed by atoms with E-state index < -0.39 is 0 Å². The van der Waals surface area contributed by atoms with E-state index in [1.54, 1.807) is 6.20 Å². The Hall–Kier alpha value is -2.42. The molecule has 0 fully saturated rings. The van der Waals surface area contributed by atoms with Gasteiger partial charge in [0.05, 0.1) is 5.69 Å². The molecule has 0 aliphatic heterocycles. The summed E-state index contributed by atoms with van der Waals surface area (Å²) in [6.45, 7) is 1.88. The summed E-state index contributed by atoms with van der Waals surface area (Å²) in [6.07, 6.45) is 4.23. The Balaban J connectivity index is 2.16. The zero-order chi connectivity index (χ0) is 13.2. The number of Topliss-reactive ketones (excluding diaryl/α,β-unsaturated/α-hetero) is 1. The van der Waals surface area contributed by atoms with Gasteiger partial charge in [-0.25, -0.2) is 4.98 Å².